The molecule has 2 aromatic rings. The number of carbonyl (C=O) groups excluding carboxylic acids is 2. The number of nitrogens with zero attached hydrogens (tertiary/aromatic N) is 1. The fourth-order valence-corrected chi connectivity index (χ4v) is 3.57. The Morgan fingerprint density at radius 2 is 1.68 bits per heavy atom. The zero-order chi connectivity index (χ0) is 19.9. The number of para-hydroxylation sites is 1. The molecule has 1 aliphatic rings. The third kappa shape index (κ3) is 5.30. The maximum Gasteiger partial charge on any atom is 0.257 e. The number of halogens is 1. The topological polar surface area (TPSA) is 61.4 Å². The van der Waals surface area contributed by atoms with Crippen LogP contribution < -0.4 is 10.6 Å². The first-order valence-corrected chi connectivity index (χ1v) is 10.1. The molecule has 0 bridgehead atoms. The Hall–Kier alpha value is -2.44. The molecule has 0 unspecified atom stereocenters. The Labute approximate surface area is 175 Å². The molecule has 0 spiro atoms. The summed E-state index contributed by atoms with van der Waals surface area (Å²) in [6, 6.07) is 13.8. The van der Waals surface area contributed by atoms with Gasteiger partial charge in [0.25, 0.3) is 11.8 Å². The smallest absolute Gasteiger partial charge is 0.257 e. The van der Waals surface area contributed by atoms with E-state index in [2.05, 4.69) is 10.6 Å². The van der Waals surface area contributed by atoms with E-state index >= 15 is 0 Å². The number of amides is 2. The molecule has 0 radical (unpaired) electrons. The van der Waals surface area contributed by atoms with Crippen molar-refractivity contribution in [2.75, 3.05) is 18.4 Å². The zero-order valence-corrected chi connectivity index (χ0v) is 17.0. The van der Waals surface area contributed by atoms with Crippen LogP contribution >= 0.6 is 23.8 Å². The fourth-order valence-electron chi connectivity index (χ4n) is 3.18. The molecule has 28 heavy (non-hydrogen) atoms. The van der Waals surface area contributed by atoms with E-state index in [9.17, 15) is 9.59 Å². The molecule has 0 saturated carbocycles. The monoisotopic (exact) mass is 415 g/mol. The average molecular weight is 416 g/mol. The number of nitrogens with one attached hydrogen (secondary N) is 2. The minimum Gasteiger partial charge on any atom is -0.339 e. The van der Waals surface area contributed by atoms with Crippen molar-refractivity contribution in [3.63, 3.8) is 0 Å². The summed E-state index contributed by atoms with van der Waals surface area (Å²) in [4.78, 5) is 27.2. The van der Waals surface area contributed by atoms with E-state index in [1.807, 2.05) is 17.0 Å². The highest BCUT2D eigenvalue weighted by Gasteiger charge is 2.20. The Balaban J connectivity index is 1.69. The van der Waals surface area contributed by atoms with Gasteiger partial charge in [0.05, 0.1) is 11.3 Å². The minimum atomic E-state index is -0.365. The molecule has 1 saturated heterocycles. The van der Waals surface area contributed by atoms with Crippen LogP contribution in [0.3, 0.4) is 0 Å². The number of likely N-dealkylation sites (tertiary alicyclic amines) is 1. The van der Waals surface area contributed by atoms with Gasteiger partial charge in [-0.2, -0.15) is 0 Å². The average Bonchev–Trinajstić information content (AvgIpc) is 2.97. The van der Waals surface area contributed by atoms with Crippen LogP contribution in [-0.2, 0) is 0 Å². The maximum atomic E-state index is 13.0. The number of thiocarbonyl (C=S) groups is 1. The number of benzene rings is 2. The lowest BCUT2D eigenvalue weighted by Crippen LogP contribution is -2.36. The molecule has 3 rings (SSSR count). The highest BCUT2D eigenvalue weighted by Crippen LogP contribution is 2.20. The molecule has 2 N–H and O–H groups in total. The van der Waals surface area contributed by atoms with Crippen LogP contribution in [0.5, 0.6) is 0 Å². The van der Waals surface area contributed by atoms with E-state index in [0.29, 0.717) is 21.8 Å². The van der Waals surface area contributed by atoms with Crippen molar-refractivity contribution in [2.45, 2.75) is 25.7 Å². The summed E-state index contributed by atoms with van der Waals surface area (Å²) in [5, 5.41) is 6.20. The van der Waals surface area contributed by atoms with Gasteiger partial charge in [0.1, 0.15) is 0 Å². The van der Waals surface area contributed by atoms with Crippen molar-refractivity contribution in [1.29, 1.82) is 0 Å². The summed E-state index contributed by atoms with van der Waals surface area (Å²) in [5.41, 5.74) is 1.53. The van der Waals surface area contributed by atoms with Gasteiger partial charge in [-0.1, -0.05) is 42.6 Å². The van der Waals surface area contributed by atoms with Crippen molar-refractivity contribution in [2.24, 2.45) is 0 Å². The summed E-state index contributed by atoms with van der Waals surface area (Å²) >= 11 is 11.2. The zero-order valence-electron chi connectivity index (χ0n) is 15.4. The summed E-state index contributed by atoms with van der Waals surface area (Å²) in [7, 11) is 0. The second-order valence-electron chi connectivity index (χ2n) is 6.67. The maximum absolute atomic E-state index is 13.0. The highest BCUT2D eigenvalue weighted by atomic mass is 35.5. The van der Waals surface area contributed by atoms with Crippen molar-refractivity contribution >= 4 is 46.4 Å². The molecule has 2 amide bonds. The summed E-state index contributed by atoms with van der Waals surface area (Å²) in [6.07, 6.45) is 4.36. The van der Waals surface area contributed by atoms with Crippen LogP contribution in [0.25, 0.3) is 0 Å². The van der Waals surface area contributed by atoms with E-state index in [0.717, 1.165) is 38.8 Å². The van der Waals surface area contributed by atoms with Crippen LogP contribution in [0.15, 0.2) is 48.5 Å². The first-order chi connectivity index (χ1) is 13.5. The first-order valence-electron chi connectivity index (χ1n) is 9.31. The van der Waals surface area contributed by atoms with Gasteiger partial charge in [0, 0.05) is 23.7 Å². The molecule has 1 aliphatic heterocycles. The van der Waals surface area contributed by atoms with Crippen molar-refractivity contribution in [3.05, 3.63) is 64.7 Å². The quantitative estimate of drug-likeness (QED) is 0.725. The molecular formula is C21H22ClN3O2S. The summed E-state index contributed by atoms with van der Waals surface area (Å²) in [6.45, 7) is 1.53. The predicted octanol–water partition coefficient (Wildman–Crippen LogP) is 4.48. The van der Waals surface area contributed by atoms with E-state index in [4.69, 9.17) is 23.8 Å². The lowest BCUT2D eigenvalue weighted by Gasteiger charge is -2.22. The Morgan fingerprint density at radius 1 is 0.964 bits per heavy atom. The second-order valence-corrected chi connectivity index (χ2v) is 7.52. The molecule has 0 atom stereocenters. The number of anilines is 1. The van der Waals surface area contributed by atoms with Crippen molar-refractivity contribution in [3.8, 4) is 0 Å². The molecular weight excluding hydrogens is 394 g/mol. The van der Waals surface area contributed by atoms with Gasteiger partial charge in [0.2, 0.25) is 0 Å². The lowest BCUT2D eigenvalue weighted by atomic mass is 10.1. The van der Waals surface area contributed by atoms with Gasteiger partial charge in [-0.05, 0) is 55.4 Å². The van der Waals surface area contributed by atoms with E-state index < -0.39 is 0 Å². The molecule has 146 valence electrons. The van der Waals surface area contributed by atoms with E-state index in [1.54, 1.807) is 36.4 Å². The van der Waals surface area contributed by atoms with Gasteiger partial charge in [-0.25, -0.2) is 0 Å². The number of hydrogen-bond acceptors (Lipinski definition) is 3. The SMILES string of the molecule is O=C(NC(=S)Nc1ccccc1C(=O)N1CCCCCC1)c1cccc(Cl)c1. The van der Waals surface area contributed by atoms with Crippen LogP contribution in [0.2, 0.25) is 5.02 Å². The second kappa shape index (κ2) is 9.66. The van der Waals surface area contributed by atoms with Crippen LogP contribution in [-0.4, -0.2) is 34.9 Å². The van der Waals surface area contributed by atoms with Gasteiger partial charge < -0.3 is 10.2 Å². The molecule has 1 heterocycles. The third-order valence-corrected chi connectivity index (χ3v) is 5.05. The number of hydrogen-bond donors (Lipinski definition) is 2. The molecule has 2 aromatic carbocycles. The molecule has 0 aromatic heterocycles. The van der Waals surface area contributed by atoms with Gasteiger partial charge in [-0.3, -0.25) is 14.9 Å². The van der Waals surface area contributed by atoms with Crippen LogP contribution in [0.4, 0.5) is 5.69 Å². The molecule has 0 aliphatic carbocycles. The Morgan fingerprint density at radius 3 is 2.39 bits per heavy atom. The molecule has 7 heteroatoms. The normalized spacial score (nSPS) is 14.1. The fraction of sp³-hybridized carbons (Fsp3) is 0.286. The minimum absolute atomic E-state index is 0.0195. The molecule has 5 nitrogen and oxygen atoms in total. The standard InChI is InChI=1S/C21H22ClN3O2S/c22-16-9-7-8-15(14-16)19(26)24-21(28)23-18-11-4-3-10-17(18)20(27)25-12-5-1-2-6-13-25/h3-4,7-11,14H,1-2,5-6,12-13H2,(H2,23,24,26,28). The predicted molar refractivity (Wildman–Crippen MR) is 116 cm³/mol. The van der Waals surface area contributed by atoms with Crippen LogP contribution in [0, 0.1) is 0 Å². The van der Waals surface area contributed by atoms with Crippen molar-refractivity contribution in [1.82, 2.24) is 10.2 Å². The summed E-state index contributed by atoms with van der Waals surface area (Å²) < 4.78 is 0. The van der Waals surface area contributed by atoms with Gasteiger partial charge in [-0.15, -0.1) is 0 Å². The first kappa shape index (κ1) is 20.3. The number of rotatable bonds is 3. The molecule has 1 fully saturated rings. The largest absolute Gasteiger partial charge is 0.339 e. The van der Waals surface area contributed by atoms with Crippen molar-refractivity contribution < 1.29 is 9.59 Å². The van der Waals surface area contributed by atoms with Crippen LogP contribution in [0.1, 0.15) is 46.4 Å². The Kier molecular flexibility index (Phi) is 7.01. The van der Waals surface area contributed by atoms with E-state index in [-0.39, 0.29) is 16.9 Å². The summed E-state index contributed by atoms with van der Waals surface area (Å²) in [5.74, 6) is -0.384. The number of carbonyl (C=O) groups is 2. The van der Waals surface area contributed by atoms with Gasteiger partial charge in [0.15, 0.2) is 5.11 Å². The highest BCUT2D eigenvalue weighted by molar-refractivity contribution is 7.80. The Bertz CT molecular complexity index is 879. The van der Waals surface area contributed by atoms with Gasteiger partial charge >= 0.3 is 0 Å². The van der Waals surface area contributed by atoms with E-state index in [1.165, 1.54) is 0 Å². The third-order valence-electron chi connectivity index (χ3n) is 4.61. The lowest BCUT2D eigenvalue weighted by molar-refractivity contribution is 0.0762.